The fraction of sp³-hybridized carbons (Fsp3) is 0.310. The Morgan fingerprint density at radius 3 is 2.21 bits per heavy atom. The molecule has 0 saturated heterocycles. The number of hydrazone groups is 1. The van der Waals surface area contributed by atoms with Gasteiger partial charge in [0.05, 0.1) is 31.9 Å². The van der Waals surface area contributed by atoms with Crippen LogP contribution >= 0.6 is 0 Å². The minimum atomic E-state index is -4.03. The third-order valence-electron chi connectivity index (χ3n) is 5.99. The molecule has 0 radical (unpaired) electrons. The molecule has 1 N–H and O–H groups in total. The summed E-state index contributed by atoms with van der Waals surface area (Å²) in [5, 5.41) is 4.03. The molecule has 0 fully saturated rings. The number of amides is 1. The number of hydrogen-bond acceptors (Lipinski definition) is 6. The molecule has 0 unspecified atom stereocenters. The lowest BCUT2D eigenvalue weighted by Gasteiger charge is -2.22. The van der Waals surface area contributed by atoms with Crippen molar-refractivity contribution >= 4 is 22.1 Å². The van der Waals surface area contributed by atoms with Gasteiger partial charge in [-0.1, -0.05) is 75.4 Å². The van der Waals surface area contributed by atoms with Gasteiger partial charge in [0.25, 0.3) is 5.91 Å². The van der Waals surface area contributed by atoms with Crippen molar-refractivity contribution in [2.45, 2.75) is 37.5 Å². The van der Waals surface area contributed by atoms with E-state index in [4.69, 9.17) is 9.47 Å². The molecule has 3 rings (SSSR count). The number of methoxy groups -OCH3 is 2. The molecule has 9 heteroatoms. The van der Waals surface area contributed by atoms with Crippen LogP contribution in [0.2, 0.25) is 0 Å². The molecule has 0 aromatic heterocycles. The lowest BCUT2D eigenvalue weighted by Crippen LogP contribution is -2.40. The van der Waals surface area contributed by atoms with Crippen LogP contribution < -0.4 is 14.9 Å². The topological polar surface area (TPSA) is 97.3 Å². The van der Waals surface area contributed by atoms with Gasteiger partial charge in [-0.15, -0.1) is 0 Å². The Bertz CT molecular complexity index is 1350. The first-order valence-electron chi connectivity index (χ1n) is 12.2. The monoisotopic (exact) mass is 537 g/mol. The zero-order valence-corrected chi connectivity index (χ0v) is 23.3. The van der Waals surface area contributed by atoms with Crippen molar-refractivity contribution in [2.24, 2.45) is 5.10 Å². The van der Waals surface area contributed by atoms with Crippen LogP contribution in [0.15, 0.2) is 82.8 Å². The second kappa shape index (κ2) is 12.7. The molecular weight excluding hydrogens is 502 g/mol. The first kappa shape index (κ1) is 28.9. The molecule has 0 atom stereocenters. The highest BCUT2D eigenvalue weighted by Crippen LogP contribution is 2.30. The summed E-state index contributed by atoms with van der Waals surface area (Å²) in [6.45, 7) is 6.11. The maximum Gasteiger partial charge on any atom is 0.255 e. The number of benzene rings is 3. The summed E-state index contributed by atoms with van der Waals surface area (Å²) in [6.07, 6.45) is 1.96. The Morgan fingerprint density at radius 2 is 1.61 bits per heavy atom. The van der Waals surface area contributed by atoms with E-state index >= 15 is 0 Å². The van der Waals surface area contributed by atoms with E-state index in [-0.39, 0.29) is 22.6 Å². The van der Waals surface area contributed by atoms with E-state index in [0.717, 1.165) is 15.4 Å². The Kier molecular flexibility index (Phi) is 9.66. The number of ether oxygens (including phenoxy) is 2. The average molecular weight is 538 g/mol. The fourth-order valence-electron chi connectivity index (χ4n) is 3.75. The molecule has 0 aliphatic heterocycles. The van der Waals surface area contributed by atoms with Crippen molar-refractivity contribution in [2.75, 3.05) is 27.3 Å². The number of carbonyl (C=O) groups is 1. The van der Waals surface area contributed by atoms with Gasteiger partial charge in [0.1, 0.15) is 0 Å². The molecule has 1 amide bonds. The molecule has 0 heterocycles. The molecule has 3 aromatic rings. The van der Waals surface area contributed by atoms with Gasteiger partial charge < -0.3 is 9.47 Å². The first-order valence-corrected chi connectivity index (χ1v) is 13.7. The summed E-state index contributed by atoms with van der Waals surface area (Å²) in [7, 11) is -1.13. The van der Waals surface area contributed by atoms with Gasteiger partial charge in [-0.05, 0) is 40.7 Å². The van der Waals surface area contributed by atoms with Gasteiger partial charge >= 0.3 is 0 Å². The van der Waals surface area contributed by atoms with Crippen LogP contribution in [0.1, 0.15) is 37.5 Å². The zero-order chi connectivity index (χ0) is 27.8. The van der Waals surface area contributed by atoms with Gasteiger partial charge in [0.2, 0.25) is 10.0 Å². The maximum atomic E-state index is 13.6. The summed E-state index contributed by atoms with van der Waals surface area (Å²) in [4.78, 5) is 12.8. The smallest absolute Gasteiger partial charge is 0.255 e. The van der Waals surface area contributed by atoms with E-state index in [1.165, 1.54) is 44.2 Å². The zero-order valence-electron chi connectivity index (χ0n) is 22.5. The van der Waals surface area contributed by atoms with Crippen LogP contribution in [0.3, 0.4) is 0 Å². The van der Waals surface area contributed by atoms with Crippen molar-refractivity contribution in [3.8, 4) is 11.5 Å². The number of nitrogens with one attached hydrogen (secondary N) is 1. The summed E-state index contributed by atoms with van der Waals surface area (Å²) < 4.78 is 38.8. The molecule has 3 aromatic carbocycles. The molecule has 202 valence electrons. The van der Waals surface area contributed by atoms with E-state index in [2.05, 4.69) is 31.3 Å². The van der Waals surface area contributed by atoms with Crippen molar-refractivity contribution in [1.29, 1.82) is 0 Å². The molecule has 0 bridgehead atoms. The second-order valence-corrected chi connectivity index (χ2v) is 11.7. The van der Waals surface area contributed by atoms with E-state index < -0.39 is 22.5 Å². The summed E-state index contributed by atoms with van der Waals surface area (Å²) in [6, 6.07) is 21.7. The van der Waals surface area contributed by atoms with Crippen molar-refractivity contribution in [1.82, 2.24) is 9.73 Å². The van der Waals surface area contributed by atoms with Crippen molar-refractivity contribution in [3.63, 3.8) is 0 Å². The minimum Gasteiger partial charge on any atom is -0.493 e. The predicted molar refractivity (Wildman–Crippen MR) is 149 cm³/mol. The van der Waals surface area contributed by atoms with Gasteiger partial charge in [-0.2, -0.15) is 9.41 Å². The van der Waals surface area contributed by atoms with Crippen LogP contribution in [-0.4, -0.2) is 52.2 Å². The molecule has 8 nitrogen and oxygen atoms in total. The van der Waals surface area contributed by atoms with Crippen LogP contribution in [0.5, 0.6) is 11.5 Å². The maximum absolute atomic E-state index is 13.6. The Balaban J connectivity index is 1.77. The number of rotatable bonds is 11. The van der Waals surface area contributed by atoms with E-state index in [0.29, 0.717) is 12.2 Å². The molecule has 0 spiro atoms. The Labute approximate surface area is 225 Å². The quantitative estimate of drug-likeness (QED) is 0.289. The first-order chi connectivity index (χ1) is 18.0. The SMILES string of the molecule is COc1ccc(S(=O)(=O)N(CCc2ccccc2)CC(=O)NN=Cc2ccc(C(C)(C)C)cc2)cc1OC. The lowest BCUT2D eigenvalue weighted by atomic mass is 9.87. The summed E-state index contributed by atoms with van der Waals surface area (Å²) >= 11 is 0. The third-order valence-corrected chi connectivity index (χ3v) is 7.83. The highest BCUT2D eigenvalue weighted by molar-refractivity contribution is 7.89. The largest absolute Gasteiger partial charge is 0.493 e. The molecule has 38 heavy (non-hydrogen) atoms. The lowest BCUT2D eigenvalue weighted by molar-refractivity contribution is -0.121. The van der Waals surface area contributed by atoms with Crippen molar-refractivity contribution in [3.05, 3.63) is 89.5 Å². The standard InChI is InChI=1S/C29H35N3O5S/c1-29(2,3)24-13-11-23(12-14-24)20-30-31-28(33)21-32(18-17-22-9-7-6-8-10-22)38(34,35)25-15-16-26(36-4)27(19-25)37-5/h6-16,19-20H,17-18,21H2,1-5H3,(H,31,33). The number of carbonyl (C=O) groups excluding carboxylic acids is 1. The normalized spacial score (nSPS) is 12.1. The highest BCUT2D eigenvalue weighted by atomic mass is 32.2. The predicted octanol–water partition coefficient (Wildman–Crippen LogP) is 4.39. The molecular formula is C29H35N3O5S. The fourth-order valence-corrected chi connectivity index (χ4v) is 5.17. The minimum absolute atomic E-state index is 0.00143. The number of nitrogens with zero attached hydrogens (tertiary/aromatic N) is 2. The van der Waals surface area contributed by atoms with Gasteiger partial charge in [-0.25, -0.2) is 13.8 Å². The second-order valence-electron chi connectivity index (χ2n) is 9.76. The van der Waals surface area contributed by atoms with Crippen molar-refractivity contribution < 1.29 is 22.7 Å². The molecule has 0 aliphatic rings. The molecule has 0 saturated carbocycles. The van der Waals surface area contributed by atoms with E-state index in [1.807, 2.05) is 54.6 Å². The van der Waals surface area contributed by atoms with Gasteiger partial charge in [-0.3, -0.25) is 4.79 Å². The Morgan fingerprint density at radius 1 is 0.947 bits per heavy atom. The molecule has 0 aliphatic carbocycles. The van der Waals surface area contributed by atoms with Crippen LogP contribution in [0.25, 0.3) is 0 Å². The highest BCUT2D eigenvalue weighted by Gasteiger charge is 2.27. The average Bonchev–Trinajstić information content (AvgIpc) is 2.90. The van der Waals surface area contributed by atoms with E-state index in [9.17, 15) is 13.2 Å². The van der Waals surface area contributed by atoms with E-state index in [1.54, 1.807) is 0 Å². The summed E-state index contributed by atoms with van der Waals surface area (Å²) in [5.74, 6) is 0.137. The van der Waals surface area contributed by atoms with Crippen LogP contribution in [-0.2, 0) is 26.7 Å². The van der Waals surface area contributed by atoms with Crippen LogP contribution in [0.4, 0.5) is 0 Å². The van der Waals surface area contributed by atoms with Crippen LogP contribution in [0, 0.1) is 0 Å². The van der Waals surface area contributed by atoms with Gasteiger partial charge in [0, 0.05) is 12.6 Å². The number of sulfonamides is 1. The number of hydrogen-bond donors (Lipinski definition) is 1. The Hall–Kier alpha value is -3.69. The summed E-state index contributed by atoms with van der Waals surface area (Å²) in [5.41, 5.74) is 5.44. The van der Waals surface area contributed by atoms with Gasteiger partial charge in [0.15, 0.2) is 11.5 Å². The third kappa shape index (κ3) is 7.66.